The molecule has 0 bridgehead atoms. The van der Waals surface area contributed by atoms with Crippen LogP contribution in [0.3, 0.4) is 0 Å². The first-order chi connectivity index (χ1) is 13.3. The van der Waals surface area contributed by atoms with Crippen LogP contribution in [0, 0.1) is 24.0 Å². The standard InChI is InChI=1S/C19H20N2O7/c1-12-5-4-6-13(2)19(12)28-11-18(23)27-10-17(22)20-15-9-14(21(24)25)7-8-16(15)26-3/h4-9H,10-11H2,1-3H3,(H,20,22). The van der Waals surface area contributed by atoms with Crippen LogP contribution in [0.4, 0.5) is 11.4 Å². The minimum absolute atomic E-state index is 0.101. The van der Waals surface area contributed by atoms with Crippen molar-refractivity contribution in [2.75, 3.05) is 25.6 Å². The van der Waals surface area contributed by atoms with E-state index in [9.17, 15) is 19.7 Å². The number of esters is 1. The van der Waals surface area contributed by atoms with Crippen LogP contribution in [0.25, 0.3) is 0 Å². The Morgan fingerprint density at radius 2 is 1.79 bits per heavy atom. The number of nitro groups is 1. The topological polar surface area (TPSA) is 117 Å². The van der Waals surface area contributed by atoms with E-state index in [0.29, 0.717) is 5.75 Å². The molecule has 9 nitrogen and oxygen atoms in total. The molecule has 9 heteroatoms. The van der Waals surface area contributed by atoms with Gasteiger partial charge in [-0.2, -0.15) is 0 Å². The van der Waals surface area contributed by atoms with Gasteiger partial charge in [0.15, 0.2) is 13.2 Å². The van der Waals surface area contributed by atoms with Crippen molar-refractivity contribution in [3.8, 4) is 11.5 Å². The van der Waals surface area contributed by atoms with Gasteiger partial charge in [-0.25, -0.2) is 4.79 Å². The third-order valence-corrected chi connectivity index (χ3v) is 3.78. The molecule has 0 aliphatic heterocycles. The maximum atomic E-state index is 12.0. The van der Waals surface area contributed by atoms with Gasteiger partial charge >= 0.3 is 5.97 Å². The molecule has 0 atom stereocenters. The molecule has 1 amide bonds. The van der Waals surface area contributed by atoms with Gasteiger partial charge in [-0.3, -0.25) is 14.9 Å². The number of rotatable bonds is 8. The number of benzene rings is 2. The Balaban J connectivity index is 1.89. The first-order valence-corrected chi connectivity index (χ1v) is 8.28. The van der Waals surface area contributed by atoms with Crippen molar-refractivity contribution < 1.29 is 28.7 Å². The number of para-hydroxylation sites is 1. The molecule has 0 saturated carbocycles. The van der Waals surface area contributed by atoms with Crippen molar-refractivity contribution in [2.24, 2.45) is 0 Å². The summed E-state index contributed by atoms with van der Waals surface area (Å²) in [5.41, 5.74) is 1.64. The van der Waals surface area contributed by atoms with Gasteiger partial charge in [-0.05, 0) is 31.0 Å². The molecule has 2 aromatic rings. The highest BCUT2D eigenvalue weighted by Crippen LogP contribution is 2.28. The van der Waals surface area contributed by atoms with Crippen LogP contribution in [0.15, 0.2) is 36.4 Å². The highest BCUT2D eigenvalue weighted by molar-refractivity contribution is 5.94. The monoisotopic (exact) mass is 388 g/mol. The van der Waals surface area contributed by atoms with E-state index in [-0.39, 0.29) is 23.7 Å². The van der Waals surface area contributed by atoms with Gasteiger partial charge < -0.3 is 19.5 Å². The van der Waals surface area contributed by atoms with Crippen LogP contribution in [-0.4, -0.2) is 37.1 Å². The number of hydrogen-bond acceptors (Lipinski definition) is 7. The second-order valence-electron chi connectivity index (χ2n) is 5.86. The predicted octanol–water partition coefficient (Wildman–Crippen LogP) is 2.78. The van der Waals surface area contributed by atoms with Gasteiger partial charge in [0, 0.05) is 12.1 Å². The van der Waals surface area contributed by atoms with Gasteiger partial charge in [0.1, 0.15) is 11.5 Å². The van der Waals surface area contributed by atoms with E-state index in [1.807, 2.05) is 32.0 Å². The molecule has 0 saturated heterocycles. The molecule has 0 radical (unpaired) electrons. The lowest BCUT2D eigenvalue weighted by Crippen LogP contribution is -2.24. The van der Waals surface area contributed by atoms with Crippen molar-refractivity contribution >= 4 is 23.3 Å². The van der Waals surface area contributed by atoms with Crippen LogP contribution in [0.1, 0.15) is 11.1 Å². The second-order valence-corrected chi connectivity index (χ2v) is 5.86. The van der Waals surface area contributed by atoms with E-state index in [1.165, 1.54) is 19.2 Å². The second kappa shape index (κ2) is 9.36. The molecule has 0 fully saturated rings. The molecule has 0 aromatic heterocycles. The molecule has 0 aliphatic rings. The zero-order valence-electron chi connectivity index (χ0n) is 15.7. The van der Waals surface area contributed by atoms with E-state index in [4.69, 9.17) is 14.2 Å². The average Bonchev–Trinajstić information content (AvgIpc) is 2.65. The van der Waals surface area contributed by atoms with Crippen molar-refractivity contribution in [1.82, 2.24) is 0 Å². The lowest BCUT2D eigenvalue weighted by atomic mass is 10.1. The molecule has 0 heterocycles. The van der Waals surface area contributed by atoms with Crippen molar-refractivity contribution in [1.29, 1.82) is 0 Å². The number of ether oxygens (including phenoxy) is 3. The number of nitrogens with one attached hydrogen (secondary N) is 1. The van der Waals surface area contributed by atoms with Crippen LogP contribution in [0.5, 0.6) is 11.5 Å². The Labute approximate surface area is 161 Å². The van der Waals surface area contributed by atoms with Crippen molar-refractivity contribution in [3.63, 3.8) is 0 Å². The number of carbonyl (C=O) groups is 2. The summed E-state index contributed by atoms with van der Waals surface area (Å²) in [6, 6.07) is 9.35. The van der Waals surface area contributed by atoms with Gasteiger partial charge in [0.2, 0.25) is 0 Å². The minimum atomic E-state index is -0.719. The van der Waals surface area contributed by atoms with Gasteiger partial charge in [0.05, 0.1) is 17.7 Å². The van der Waals surface area contributed by atoms with Gasteiger partial charge in [-0.15, -0.1) is 0 Å². The molecule has 0 unspecified atom stereocenters. The third kappa shape index (κ3) is 5.44. The summed E-state index contributed by atoms with van der Waals surface area (Å²) in [5.74, 6) is -0.558. The normalized spacial score (nSPS) is 10.1. The molecule has 1 N–H and O–H groups in total. The van der Waals surface area contributed by atoms with E-state index in [2.05, 4.69) is 5.32 Å². The maximum absolute atomic E-state index is 12.0. The Morgan fingerprint density at radius 3 is 2.39 bits per heavy atom. The summed E-state index contributed by atoms with van der Waals surface area (Å²) in [4.78, 5) is 34.1. The maximum Gasteiger partial charge on any atom is 0.344 e. The SMILES string of the molecule is COc1ccc([N+](=O)[O-])cc1NC(=O)COC(=O)COc1c(C)cccc1C. The van der Waals surface area contributed by atoms with Crippen LogP contribution >= 0.6 is 0 Å². The highest BCUT2D eigenvalue weighted by Gasteiger charge is 2.15. The number of carbonyl (C=O) groups excluding carboxylic acids is 2. The molecule has 2 rings (SSSR count). The summed E-state index contributed by atoms with van der Waals surface area (Å²) in [7, 11) is 1.36. The zero-order chi connectivity index (χ0) is 20.7. The third-order valence-electron chi connectivity index (χ3n) is 3.78. The number of methoxy groups -OCH3 is 1. The van der Waals surface area contributed by atoms with E-state index in [1.54, 1.807) is 0 Å². The molecule has 28 heavy (non-hydrogen) atoms. The van der Waals surface area contributed by atoms with Crippen LogP contribution < -0.4 is 14.8 Å². The quantitative estimate of drug-likeness (QED) is 0.420. The molecule has 0 aliphatic carbocycles. The largest absolute Gasteiger partial charge is 0.495 e. The minimum Gasteiger partial charge on any atom is -0.495 e. The molecular weight excluding hydrogens is 368 g/mol. The van der Waals surface area contributed by atoms with E-state index in [0.717, 1.165) is 17.2 Å². The first kappa shape index (κ1) is 20.7. The molecular formula is C19H20N2O7. The van der Waals surface area contributed by atoms with Gasteiger partial charge in [-0.1, -0.05) is 18.2 Å². The average molecular weight is 388 g/mol. The number of amides is 1. The highest BCUT2D eigenvalue weighted by atomic mass is 16.6. The van der Waals surface area contributed by atoms with Gasteiger partial charge in [0.25, 0.3) is 11.6 Å². The lowest BCUT2D eigenvalue weighted by Gasteiger charge is -2.12. The first-order valence-electron chi connectivity index (χ1n) is 8.28. The molecule has 148 valence electrons. The summed E-state index contributed by atoms with van der Waals surface area (Å²) < 4.78 is 15.4. The molecule has 0 spiro atoms. The van der Waals surface area contributed by atoms with Crippen LogP contribution in [-0.2, 0) is 14.3 Å². The summed E-state index contributed by atoms with van der Waals surface area (Å²) in [6.45, 7) is 2.79. The number of nitro benzene ring substituents is 1. The summed E-state index contributed by atoms with van der Waals surface area (Å²) in [5, 5.41) is 13.3. The predicted molar refractivity (Wildman–Crippen MR) is 101 cm³/mol. The number of nitrogens with zero attached hydrogens (tertiary/aromatic N) is 1. The van der Waals surface area contributed by atoms with E-state index >= 15 is 0 Å². The lowest BCUT2D eigenvalue weighted by molar-refractivity contribution is -0.384. The summed E-state index contributed by atoms with van der Waals surface area (Å²) in [6.07, 6.45) is 0. The van der Waals surface area contributed by atoms with E-state index < -0.39 is 23.4 Å². The Kier molecular flexibility index (Phi) is 6.91. The zero-order valence-corrected chi connectivity index (χ0v) is 15.7. The fraction of sp³-hybridized carbons (Fsp3) is 0.263. The smallest absolute Gasteiger partial charge is 0.344 e. The Bertz CT molecular complexity index is 876. The fourth-order valence-electron chi connectivity index (χ4n) is 2.44. The Hall–Kier alpha value is -3.62. The summed E-state index contributed by atoms with van der Waals surface area (Å²) >= 11 is 0. The number of hydrogen-bond donors (Lipinski definition) is 1. The van der Waals surface area contributed by atoms with Crippen LogP contribution in [0.2, 0.25) is 0 Å². The molecule has 2 aromatic carbocycles. The number of non-ortho nitro benzene ring substituents is 1. The number of anilines is 1. The van der Waals surface area contributed by atoms with Crippen molar-refractivity contribution in [3.05, 3.63) is 57.6 Å². The fourth-order valence-corrected chi connectivity index (χ4v) is 2.44. The number of aryl methyl sites for hydroxylation is 2. The van der Waals surface area contributed by atoms with Crippen molar-refractivity contribution in [2.45, 2.75) is 13.8 Å². The Morgan fingerprint density at radius 1 is 1.11 bits per heavy atom.